The van der Waals surface area contributed by atoms with E-state index in [-0.39, 0.29) is 181 Å². The molecular weight excluding hydrogens is 1910 g/mol. The molecule has 0 saturated heterocycles. The third-order valence-electron chi connectivity index (χ3n) is 19.0. The van der Waals surface area contributed by atoms with Crippen LogP contribution in [0.1, 0.15) is 241 Å². The van der Waals surface area contributed by atoms with Crippen LogP contribution in [0.15, 0.2) is 104 Å². The highest BCUT2D eigenvalue weighted by Gasteiger charge is 2.36. The van der Waals surface area contributed by atoms with Crippen molar-refractivity contribution in [2.45, 2.75) is 312 Å². The number of carboxylic acids is 3. The third kappa shape index (κ3) is 49.1. The molecule has 2 heterocycles. The summed E-state index contributed by atoms with van der Waals surface area (Å²) in [7, 11) is 1.17. The number of fused-ring (bicyclic) bond motifs is 2. The predicted molar refractivity (Wildman–Crippen MR) is 518 cm³/mol. The number of aromatic hydroxyl groups is 3. The molecule has 4 aromatic carbocycles. The average Bonchev–Trinajstić information content (AvgIpc) is 0.775. The highest BCUT2D eigenvalue weighted by atomic mass is 16.7. The van der Waals surface area contributed by atoms with Gasteiger partial charge in [-0.2, -0.15) is 0 Å². The molecule has 0 aliphatic rings. The molecule has 0 saturated carbocycles. The molecule has 46 heteroatoms. The van der Waals surface area contributed by atoms with E-state index in [2.05, 4.69) is 42.0 Å². The van der Waals surface area contributed by atoms with Gasteiger partial charge >= 0.3 is 60.3 Å². The zero-order chi connectivity index (χ0) is 111. The Labute approximate surface area is 834 Å². The van der Waals surface area contributed by atoms with Gasteiger partial charge in [0.1, 0.15) is 168 Å². The van der Waals surface area contributed by atoms with Crippen LogP contribution in [0.25, 0.3) is 44.2 Å². The number of benzene rings is 4. The van der Waals surface area contributed by atoms with Crippen molar-refractivity contribution >= 4 is 141 Å². The van der Waals surface area contributed by atoms with E-state index < -0.39 is 190 Å². The molecule has 15 N–H and O–H groups in total. The number of nitrogens with two attached hydrogens (primary N) is 1. The van der Waals surface area contributed by atoms with Crippen molar-refractivity contribution in [2.24, 2.45) is 5.73 Å². The fraction of sp³-hybridized carbons (Fsp3) is 0.495. The molecule has 2 aromatic heterocycles. The number of rotatable bonds is 44. The Hall–Kier alpha value is -15.5. The number of ether oxygens (including phenoxy) is 8. The lowest BCUT2D eigenvalue weighted by atomic mass is 10.0. The van der Waals surface area contributed by atoms with Gasteiger partial charge in [-0.15, -0.1) is 0 Å². The molecule has 6 aromatic rings. The molecule has 7 amide bonds. The van der Waals surface area contributed by atoms with Gasteiger partial charge < -0.3 is 149 Å². The standard InChI is InChI=1S/C37H44N2O13.C25H24N2O11.C18H30N2O7.C17H28N2O7.C2H6/c1-20(40)9-15-26(39-34(46)51-36(3,4)5)32(44)38-27(16-10-21(2)41)33(45)49-24-17-28(42)30-29(18-24)48-19-25(31(30)43)22-11-13-23(14-12-22)50-35(47)52-37(6,7)8;26-16(5-7-20(30)31)24(35)27-17(6-8-21(32)33)25(36)38-14-9-18(29)22-19(10-14)37-11-15(23(22)34)12-1-3-13(28)4-2-12;1-11(21)7-9-13(20-17(25)27-18(3,4)5)15(23)19-14(16(24)26-6)10-8-12(2)22;1-10(20)6-8-12(19-16(25)26-17(3,4)5)14(22)18-13(15(23)24)9-7-11(2)21;1-2/h11-14,17-19,26-27,42H,9-10,15-16H2,1-8H3,(H,38,44)(H,39,46);1-4,9-11,16-17,28-29H,5-8,26H2,(H,27,35)(H,30,31)(H,32,33);13-14H,7-10H2,1-6H3,(H,19,23)(H,20,25);12-13H,6-9H2,1-5H3,(H,18,22)(H,19,25)(H,23,24);1-2H3/t26-,27-;16-,17-;13-,14-;12-,13-;/m1111./s1. The molecule has 0 radical (unpaired) electrons. The Balaban J connectivity index is 0.000000677. The van der Waals surface area contributed by atoms with Crippen LogP contribution >= 0.6 is 0 Å². The lowest BCUT2D eigenvalue weighted by Gasteiger charge is -2.25. The number of phenolic OH excluding ortho intramolecular Hbond substituents is 3. The van der Waals surface area contributed by atoms with Gasteiger partial charge in [0, 0.05) is 75.6 Å². The van der Waals surface area contributed by atoms with Crippen molar-refractivity contribution < 1.29 is 173 Å². The number of amides is 7. The number of aliphatic carboxylic acids is 3. The summed E-state index contributed by atoms with van der Waals surface area (Å²) < 4.78 is 52.1. The highest BCUT2D eigenvalue weighted by molar-refractivity contribution is 5.96. The number of alkyl carbamates (subject to hydrolysis) is 3. The van der Waals surface area contributed by atoms with Crippen molar-refractivity contribution in [3.63, 3.8) is 0 Å². The normalized spacial score (nSPS) is 12.6. The first kappa shape index (κ1) is 126. The first-order chi connectivity index (χ1) is 67.2. The molecule has 0 bridgehead atoms. The second-order valence-corrected chi connectivity index (χ2v) is 36.7. The topological polar surface area (TPSA) is 707 Å². The Morgan fingerprint density at radius 1 is 0.345 bits per heavy atom. The average molecular weight is 2040 g/mol. The fourth-order valence-corrected chi connectivity index (χ4v) is 12.2. The van der Waals surface area contributed by atoms with Gasteiger partial charge in [-0.05, 0) is 211 Å². The second-order valence-electron chi connectivity index (χ2n) is 36.7. The van der Waals surface area contributed by atoms with E-state index in [9.17, 15) is 126 Å². The van der Waals surface area contributed by atoms with Crippen LogP contribution in [0.5, 0.6) is 34.5 Å². The summed E-state index contributed by atoms with van der Waals surface area (Å²) in [5.41, 5.74) is 2.01. The van der Waals surface area contributed by atoms with Gasteiger partial charge in [-0.25, -0.2) is 38.4 Å². The summed E-state index contributed by atoms with van der Waals surface area (Å²) in [5.74, 6) is -12.3. The van der Waals surface area contributed by atoms with Crippen LogP contribution < -0.4 is 68.0 Å². The SMILES string of the molecule is CC.CC(=O)CC[C@@H](NC(=O)OC(C)(C)C)C(=O)N[C@H](CCC(C)=O)C(=O)Oc1cc(O)c2c(=O)c(-c3ccc(OC(=O)OC(C)(C)C)cc3)coc2c1.CC(=O)CC[C@@H](NC(=O)[C@@H](CCC(C)=O)NC(=O)OC(C)(C)C)C(=O)O.COC(=O)[C@@H](CCC(C)=O)NC(=O)[C@@H](CCC(C)=O)NC(=O)OC(C)(C)C.N[C@H](CCC(=O)O)C(=O)N[C@H](CCC(=O)O)C(=O)Oc1cc(O)c2c(=O)c(-c3ccc(O)cc3)coc2c1. The summed E-state index contributed by atoms with van der Waals surface area (Å²) in [6, 6.07) is 6.07. The number of carboxylic acid groups (broad SMARTS) is 3. The summed E-state index contributed by atoms with van der Waals surface area (Å²) >= 11 is 0. The van der Waals surface area contributed by atoms with Gasteiger partial charge in [0.15, 0.2) is 0 Å². The maximum atomic E-state index is 13.4. The lowest BCUT2D eigenvalue weighted by Crippen LogP contribution is -2.53. The number of Topliss-reactive ketones (excluding diaryl/α,β-unsaturated/α-hetero) is 6. The van der Waals surface area contributed by atoms with Crippen LogP contribution in [0.2, 0.25) is 0 Å². The zero-order valence-corrected chi connectivity index (χ0v) is 84.8. The van der Waals surface area contributed by atoms with Crippen molar-refractivity contribution in [3.8, 4) is 56.8 Å². The van der Waals surface area contributed by atoms with Crippen LogP contribution in [-0.4, -0.2) is 227 Å². The minimum absolute atomic E-state index is 0.000539. The van der Waals surface area contributed by atoms with Gasteiger partial charge in [-0.3, -0.25) is 38.4 Å². The first-order valence-corrected chi connectivity index (χ1v) is 45.7. The molecule has 8 atom stereocenters. The Kier molecular flexibility index (Phi) is 51.4. The Morgan fingerprint density at radius 2 is 0.628 bits per heavy atom. The summed E-state index contributed by atoms with van der Waals surface area (Å²) in [6.07, 6.45) is -2.93. The number of phenols is 3. The zero-order valence-electron chi connectivity index (χ0n) is 84.8. The van der Waals surface area contributed by atoms with E-state index in [4.69, 9.17) is 57.9 Å². The maximum absolute atomic E-state index is 13.4. The number of hydrogen-bond donors (Lipinski definition) is 14. The van der Waals surface area contributed by atoms with E-state index in [1.54, 1.807) is 83.1 Å². The van der Waals surface area contributed by atoms with Crippen molar-refractivity contribution in [3.05, 3.63) is 106 Å². The molecule has 6 rings (SSSR count). The van der Waals surface area contributed by atoms with Crippen molar-refractivity contribution in [2.75, 3.05) is 7.11 Å². The minimum Gasteiger partial charge on any atom is -0.508 e. The second kappa shape index (κ2) is 59.4. The van der Waals surface area contributed by atoms with Crippen molar-refractivity contribution in [1.82, 2.24) is 37.2 Å². The first-order valence-electron chi connectivity index (χ1n) is 45.7. The number of carbonyl (C=O) groups excluding carboxylic acids is 17. The van der Waals surface area contributed by atoms with Crippen LogP contribution in [-0.2, 0) is 100 Å². The summed E-state index contributed by atoms with van der Waals surface area (Å²) in [4.78, 5) is 264. The number of hydrogen-bond acceptors (Lipinski definition) is 36. The molecule has 0 spiro atoms. The molecule has 46 nitrogen and oxygen atoms in total. The molecule has 0 aliphatic heterocycles. The van der Waals surface area contributed by atoms with E-state index in [0.717, 1.165) is 30.7 Å². The number of esters is 3. The van der Waals surface area contributed by atoms with Gasteiger partial charge in [-0.1, -0.05) is 38.1 Å². The van der Waals surface area contributed by atoms with Gasteiger partial charge in [0.2, 0.25) is 34.5 Å². The monoisotopic (exact) mass is 2040 g/mol. The van der Waals surface area contributed by atoms with E-state index >= 15 is 0 Å². The Morgan fingerprint density at radius 3 is 0.931 bits per heavy atom. The molecule has 0 unspecified atom stereocenters. The predicted octanol–water partition coefficient (Wildman–Crippen LogP) is 10.3. The van der Waals surface area contributed by atoms with Crippen LogP contribution in [0.4, 0.5) is 19.2 Å². The van der Waals surface area contributed by atoms with E-state index in [1.165, 1.54) is 103 Å². The fourth-order valence-electron chi connectivity index (χ4n) is 12.2. The number of nitrogens with one attached hydrogen (secondary N) is 7. The van der Waals surface area contributed by atoms with Crippen molar-refractivity contribution in [1.29, 1.82) is 0 Å². The maximum Gasteiger partial charge on any atom is 0.514 e. The number of methoxy groups -OCH3 is 1. The highest BCUT2D eigenvalue weighted by Crippen LogP contribution is 2.34. The third-order valence-corrected chi connectivity index (χ3v) is 19.0. The molecule has 0 fully saturated rings. The van der Waals surface area contributed by atoms with E-state index in [1.807, 2.05) is 13.8 Å². The van der Waals surface area contributed by atoms with Gasteiger partial charge in [0.25, 0.3) is 0 Å². The lowest BCUT2D eigenvalue weighted by molar-refractivity contribution is -0.145. The quantitative estimate of drug-likeness (QED) is 0.00731. The molecule has 0 aliphatic carbocycles. The Bertz CT molecular complexity index is 5720. The van der Waals surface area contributed by atoms with Crippen LogP contribution in [0.3, 0.4) is 0 Å². The number of ketones is 6. The minimum atomic E-state index is -1.46. The largest absolute Gasteiger partial charge is 0.514 e. The summed E-state index contributed by atoms with van der Waals surface area (Å²) in [5, 5.41) is 73.9. The molecular formula is C99H132N8O38. The van der Waals surface area contributed by atoms with Crippen LogP contribution in [0, 0.1) is 0 Å². The van der Waals surface area contributed by atoms with Gasteiger partial charge in [0.05, 0.1) is 24.3 Å². The molecule has 145 heavy (non-hydrogen) atoms. The summed E-state index contributed by atoms with van der Waals surface area (Å²) in [6.45, 7) is 32.0. The smallest absolute Gasteiger partial charge is 0.508 e. The van der Waals surface area contributed by atoms with E-state index in [0.29, 0.717) is 11.1 Å². The molecule has 796 valence electrons. The number of carbonyl (C=O) groups is 20.